The maximum atomic E-state index is 8.95. The maximum Gasteiger partial charge on any atom is 0.101 e. The number of hydrogen-bond donors (Lipinski definition) is 1. The summed E-state index contributed by atoms with van der Waals surface area (Å²) in [7, 11) is 0. The van der Waals surface area contributed by atoms with Gasteiger partial charge in [0.2, 0.25) is 0 Å². The predicted octanol–water partition coefficient (Wildman–Crippen LogP) is 4.72. The Morgan fingerprint density at radius 3 is 2.39 bits per heavy atom. The van der Waals surface area contributed by atoms with Crippen LogP contribution in [0.25, 0.3) is 0 Å². The molecule has 0 aliphatic carbocycles. The van der Waals surface area contributed by atoms with Crippen molar-refractivity contribution in [3.05, 3.63) is 29.8 Å². The molecule has 1 N–H and O–H groups in total. The number of hydrogen-bond acceptors (Lipinski definition) is 2. The molecule has 0 aliphatic rings. The number of para-hydroxylation sites is 1. The van der Waals surface area contributed by atoms with Crippen LogP contribution in [0.15, 0.2) is 24.3 Å². The Bertz CT molecular complexity index is 366. The van der Waals surface area contributed by atoms with Gasteiger partial charge in [-0.05, 0) is 18.6 Å². The van der Waals surface area contributed by atoms with Crippen LogP contribution in [-0.2, 0) is 0 Å². The highest BCUT2D eigenvalue weighted by atomic mass is 14.9. The van der Waals surface area contributed by atoms with Gasteiger partial charge in [0.1, 0.15) is 6.07 Å². The largest absolute Gasteiger partial charge is 0.384 e. The van der Waals surface area contributed by atoms with Crippen molar-refractivity contribution in [3.8, 4) is 6.07 Å². The molecule has 0 fully saturated rings. The molecule has 0 atom stereocenters. The molecular formula is C16H24N2. The zero-order chi connectivity index (χ0) is 13.1. The molecule has 0 saturated heterocycles. The minimum absolute atomic E-state index is 0.737. The van der Waals surface area contributed by atoms with Gasteiger partial charge in [-0.25, -0.2) is 0 Å². The van der Waals surface area contributed by atoms with E-state index in [1.165, 1.54) is 44.9 Å². The molecule has 18 heavy (non-hydrogen) atoms. The Kier molecular flexibility index (Phi) is 7.72. The second-order valence-corrected chi connectivity index (χ2v) is 4.71. The first-order valence-electron chi connectivity index (χ1n) is 7.11. The van der Waals surface area contributed by atoms with Crippen LogP contribution in [0.4, 0.5) is 5.69 Å². The van der Waals surface area contributed by atoms with Crippen LogP contribution >= 0.6 is 0 Å². The van der Waals surface area contributed by atoms with Crippen LogP contribution in [0, 0.1) is 11.3 Å². The highest BCUT2D eigenvalue weighted by molar-refractivity contribution is 5.56. The Balaban J connectivity index is 2.09. The van der Waals surface area contributed by atoms with E-state index in [0.29, 0.717) is 0 Å². The summed E-state index contributed by atoms with van der Waals surface area (Å²) in [5, 5.41) is 12.3. The van der Waals surface area contributed by atoms with E-state index in [9.17, 15) is 0 Å². The van der Waals surface area contributed by atoms with Gasteiger partial charge < -0.3 is 5.32 Å². The summed E-state index contributed by atoms with van der Waals surface area (Å²) in [6.45, 7) is 3.21. The van der Waals surface area contributed by atoms with Crippen molar-refractivity contribution in [1.29, 1.82) is 5.26 Å². The zero-order valence-corrected chi connectivity index (χ0v) is 11.4. The number of nitrogens with zero attached hydrogens (tertiary/aromatic N) is 1. The lowest BCUT2D eigenvalue weighted by molar-refractivity contribution is 0.596. The van der Waals surface area contributed by atoms with E-state index in [2.05, 4.69) is 18.3 Å². The van der Waals surface area contributed by atoms with E-state index >= 15 is 0 Å². The summed E-state index contributed by atoms with van der Waals surface area (Å²) in [5.41, 5.74) is 1.70. The predicted molar refractivity (Wildman–Crippen MR) is 77.6 cm³/mol. The van der Waals surface area contributed by atoms with E-state index < -0.39 is 0 Å². The number of rotatable bonds is 9. The summed E-state index contributed by atoms with van der Waals surface area (Å²) in [6, 6.07) is 9.90. The summed E-state index contributed by atoms with van der Waals surface area (Å²) in [5.74, 6) is 0. The minimum Gasteiger partial charge on any atom is -0.384 e. The Labute approximate surface area is 111 Å². The third-order valence-corrected chi connectivity index (χ3v) is 3.14. The molecule has 2 nitrogen and oxygen atoms in total. The highest BCUT2D eigenvalue weighted by Crippen LogP contribution is 2.14. The second-order valence-electron chi connectivity index (χ2n) is 4.71. The van der Waals surface area contributed by atoms with E-state index in [4.69, 9.17) is 5.26 Å². The van der Waals surface area contributed by atoms with Crippen molar-refractivity contribution < 1.29 is 0 Å². The van der Waals surface area contributed by atoms with Gasteiger partial charge in [0.15, 0.2) is 0 Å². The quantitative estimate of drug-likeness (QED) is 0.638. The summed E-state index contributed by atoms with van der Waals surface area (Å²) >= 11 is 0. The van der Waals surface area contributed by atoms with Crippen LogP contribution in [0.2, 0.25) is 0 Å². The zero-order valence-electron chi connectivity index (χ0n) is 11.4. The Morgan fingerprint density at radius 2 is 1.67 bits per heavy atom. The van der Waals surface area contributed by atoms with Crippen LogP contribution in [0.1, 0.15) is 57.4 Å². The van der Waals surface area contributed by atoms with Crippen LogP contribution in [0.3, 0.4) is 0 Å². The lowest BCUT2D eigenvalue weighted by atomic mass is 10.1. The first-order valence-corrected chi connectivity index (χ1v) is 7.11. The fourth-order valence-corrected chi connectivity index (χ4v) is 2.04. The van der Waals surface area contributed by atoms with Crippen LogP contribution < -0.4 is 5.32 Å². The summed E-state index contributed by atoms with van der Waals surface area (Å²) in [4.78, 5) is 0. The van der Waals surface area contributed by atoms with E-state index in [-0.39, 0.29) is 0 Å². The number of benzene rings is 1. The fraction of sp³-hybridized carbons (Fsp3) is 0.562. The van der Waals surface area contributed by atoms with Crippen molar-refractivity contribution in [3.63, 3.8) is 0 Å². The van der Waals surface area contributed by atoms with Gasteiger partial charge in [-0.2, -0.15) is 5.26 Å². The minimum atomic E-state index is 0.737. The molecule has 1 rings (SSSR count). The summed E-state index contributed by atoms with van der Waals surface area (Å²) < 4.78 is 0. The van der Waals surface area contributed by atoms with Gasteiger partial charge in [-0.1, -0.05) is 57.6 Å². The Hall–Kier alpha value is -1.49. The normalized spacial score (nSPS) is 10.0. The molecule has 1 aromatic rings. The molecule has 0 unspecified atom stereocenters. The molecule has 0 amide bonds. The first-order chi connectivity index (χ1) is 8.88. The van der Waals surface area contributed by atoms with Crippen molar-refractivity contribution in [2.45, 2.75) is 51.9 Å². The Morgan fingerprint density at radius 1 is 1.00 bits per heavy atom. The molecule has 0 radical (unpaired) electrons. The molecular weight excluding hydrogens is 220 g/mol. The van der Waals surface area contributed by atoms with E-state index in [0.717, 1.165) is 17.8 Å². The first kappa shape index (κ1) is 14.6. The SMILES string of the molecule is CCCCCCCCCNc1ccccc1C#N. The molecule has 98 valence electrons. The van der Waals surface area contributed by atoms with Gasteiger partial charge in [0.05, 0.1) is 11.3 Å². The topological polar surface area (TPSA) is 35.8 Å². The van der Waals surface area contributed by atoms with Gasteiger partial charge >= 0.3 is 0 Å². The van der Waals surface area contributed by atoms with Crippen LogP contribution in [-0.4, -0.2) is 6.54 Å². The number of nitrogens with one attached hydrogen (secondary N) is 1. The molecule has 0 heterocycles. The molecule has 1 aromatic carbocycles. The van der Waals surface area contributed by atoms with Crippen molar-refractivity contribution in [1.82, 2.24) is 0 Å². The third-order valence-electron chi connectivity index (χ3n) is 3.14. The smallest absolute Gasteiger partial charge is 0.101 e. The van der Waals surface area contributed by atoms with Gasteiger partial charge in [0, 0.05) is 6.54 Å². The number of unbranched alkanes of at least 4 members (excludes halogenated alkanes) is 6. The highest BCUT2D eigenvalue weighted by Gasteiger charge is 1.98. The molecule has 0 aromatic heterocycles. The molecule has 2 heteroatoms. The van der Waals surface area contributed by atoms with Gasteiger partial charge in [-0.3, -0.25) is 0 Å². The average molecular weight is 244 g/mol. The lowest BCUT2D eigenvalue weighted by Crippen LogP contribution is -2.02. The standard InChI is InChI=1S/C16H24N2/c1-2-3-4-5-6-7-10-13-18-16-12-9-8-11-15(16)14-17/h8-9,11-12,18H,2-7,10,13H2,1H3. The van der Waals surface area contributed by atoms with Gasteiger partial charge in [-0.15, -0.1) is 0 Å². The van der Waals surface area contributed by atoms with Crippen molar-refractivity contribution in [2.24, 2.45) is 0 Å². The monoisotopic (exact) mass is 244 g/mol. The lowest BCUT2D eigenvalue weighted by Gasteiger charge is -2.07. The fourth-order valence-electron chi connectivity index (χ4n) is 2.04. The average Bonchev–Trinajstić information content (AvgIpc) is 2.42. The molecule has 0 saturated carbocycles. The maximum absolute atomic E-state index is 8.95. The van der Waals surface area contributed by atoms with Crippen molar-refractivity contribution >= 4 is 5.69 Å². The number of anilines is 1. The van der Waals surface area contributed by atoms with E-state index in [1.54, 1.807) is 0 Å². The van der Waals surface area contributed by atoms with E-state index in [1.807, 2.05) is 24.3 Å². The third kappa shape index (κ3) is 5.72. The molecule has 0 bridgehead atoms. The number of nitriles is 1. The summed E-state index contributed by atoms with van der Waals surface area (Å²) in [6.07, 6.45) is 9.23. The molecule has 0 aliphatic heterocycles. The van der Waals surface area contributed by atoms with Crippen LogP contribution in [0.5, 0.6) is 0 Å². The molecule has 0 spiro atoms. The second kappa shape index (κ2) is 9.53. The van der Waals surface area contributed by atoms with Crippen molar-refractivity contribution in [2.75, 3.05) is 11.9 Å². The van der Waals surface area contributed by atoms with Gasteiger partial charge in [0.25, 0.3) is 0 Å².